The van der Waals surface area contributed by atoms with Gasteiger partial charge in [-0.05, 0) is 25.0 Å². The topological polar surface area (TPSA) is 49.4 Å². The van der Waals surface area contributed by atoms with Crippen molar-refractivity contribution in [2.24, 2.45) is 0 Å². The molecule has 2 heterocycles. The highest BCUT2D eigenvalue weighted by Crippen LogP contribution is 2.25. The molecule has 17 heavy (non-hydrogen) atoms. The summed E-state index contributed by atoms with van der Waals surface area (Å²) in [7, 11) is 0. The van der Waals surface area contributed by atoms with Crippen LogP contribution in [-0.2, 0) is 11.3 Å². The Kier molecular flexibility index (Phi) is 2.18. The van der Waals surface area contributed by atoms with Crippen molar-refractivity contribution >= 4 is 11.8 Å². The van der Waals surface area contributed by atoms with Gasteiger partial charge in [0, 0.05) is 18.5 Å². The van der Waals surface area contributed by atoms with Gasteiger partial charge in [-0.3, -0.25) is 9.59 Å². The van der Waals surface area contributed by atoms with Crippen LogP contribution in [0, 0.1) is 6.92 Å². The molecule has 0 spiro atoms. The van der Waals surface area contributed by atoms with Gasteiger partial charge >= 0.3 is 0 Å². The molecule has 2 amide bonds. The normalized spacial score (nSPS) is 22.9. The van der Waals surface area contributed by atoms with Crippen LogP contribution in [0.25, 0.3) is 0 Å². The number of carbonyl (C=O) groups is 2. The zero-order chi connectivity index (χ0) is 12.0. The molecule has 1 fully saturated rings. The van der Waals surface area contributed by atoms with Gasteiger partial charge in [0.2, 0.25) is 5.91 Å². The van der Waals surface area contributed by atoms with Crippen molar-refractivity contribution in [2.45, 2.75) is 32.5 Å². The van der Waals surface area contributed by atoms with E-state index in [0.29, 0.717) is 18.5 Å². The van der Waals surface area contributed by atoms with E-state index in [-0.39, 0.29) is 18.0 Å². The predicted octanol–water partition coefficient (Wildman–Crippen LogP) is 1.19. The van der Waals surface area contributed by atoms with E-state index in [1.54, 1.807) is 4.90 Å². The highest BCUT2D eigenvalue weighted by molar-refractivity contribution is 5.97. The van der Waals surface area contributed by atoms with Gasteiger partial charge in [-0.25, -0.2) is 0 Å². The van der Waals surface area contributed by atoms with Crippen molar-refractivity contribution in [3.63, 3.8) is 0 Å². The van der Waals surface area contributed by atoms with E-state index in [2.05, 4.69) is 5.32 Å². The molecule has 1 aromatic rings. The third kappa shape index (κ3) is 1.60. The molecule has 88 valence electrons. The zero-order valence-corrected chi connectivity index (χ0v) is 9.69. The van der Waals surface area contributed by atoms with E-state index < -0.39 is 0 Å². The van der Waals surface area contributed by atoms with E-state index in [0.717, 1.165) is 17.5 Å². The molecule has 3 rings (SSSR count). The highest BCUT2D eigenvalue weighted by Gasteiger charge is 2.35. The van der Waals surface area contributed by atoms with Gasteiger partial charge in [0.05, 0.1) is 0 Å². The molecule has 0 radical (unpaired) electrons. The first-order chi connectivity index (χ1) is 8.15. The second-order valence-electron chi connectivity index (χ2n) is 4.71. The fourth-order valence-corrected chi connectivity index (χ4v) is 2.53. The summed E-state index contributed by atoms with van der Waals surface area (Å²) in [5.41, 5.74) is 2.70. The van der Waals surface area contributed by atoms with Crippen LogP contribution in [0.1, 0.15) is 34.3 Å². The van der Waals surface area contributed by atoms with Crippen LogP contribution in [0.5, 0.6) is 0 Å². The fraction of sp³-hybridized carbons (Fsp3) is 0.385. The van der Waals surface area contributed by atoms with Gasteiger partial charge < -0.3 is 10.2 Å². The maximum atomic E-state index is 12.1. The molecule has 0 aliphatic carbocycles. The monoisotopic (exact) mass is 230 g/mol. The molecular formula is C13H14N2O2. The van der Waals surface area contributed by atoms with Gasteiger partial charge in [-0.2, -0.15) is 0 Å². The first-order valence-corrected chi connectivity index (χ1v) is 5.85. The molecule has 1 atom stereocenters. The highest BCUT2D eigenvalue weighted by atomic mass is 16.2. The standard InChI is InChI=1S/C13H14N2O2/c1-8-2-3-9-7-15-11(4-5-12(15)16)14-13(17)10(9)6-8/h2-3,6,11H,4-5,7H2,1H3,(H,14,17). The van der Waals surface area contributed by atoms with E-state index >= 15 is 0 Å². The lowest BCUT2D eigenvalue weighted by Crippen LogP contribution is -2.42. The number of hydrogen-bond donors (Lipinski definition) is 1. The maximum Gasteiger partial charge on any atom is 0.253 e. The Morgan fingerprint density at radius 3 is 3.00 bits per heavy atom. The third-order valence-electron chi connectivity index (χ3n) is 3.48. The van der Waals surface area contributed by atoms with Crippen LogP contribution >= 0.6 is 0 Å². The Labute approximate surface area is 99.6 Å². The lowest BCUT2D eigenvalue weighted by molar-refractivity contribution is -0.129. The zero-order valence-electron chi connectivity index (χ0n) is 9.69. The van der Waals surface area contributed by atoms with Crippen LogP contribution in [0.4, 0.5) is 0 Å². The fourth-order valence-electron chi connectivity index (χ4n) is 2.53. The Morgan fingerprint density at radius 2 is 2.18 bits per heavy atom. The molecule has 0 bridgehead atoms. The second kappa shape index (κ2) is 3.58. The maximum absolute atomic E-state index is 12.1. The van der Waals surface area contributed by atoms with Gasteiger partial charge in [0.15, 0.2) is 0 Å². The summed E-state index contributed by atoms with van der Waals surface area (Å²) < 4.78 is 0. The number of fused-ring (bicyclic) bond motifs is 2. The minimum absolute atomic E-state index is 0.0640. The average molecular weight is 230 g/mol. The SMILES string of the molecule is Cc1ccc2c(c1)C(=O)NC1CCC(=O)N1C2. The molecule has 1 saturated heterocycles. The van der Waals surface area contributed by atoms with Gasteiger partial charge in [-0.1, -0.05) is 17.7 Å². The first kappa shape index (κ1) is 10.3. The smallest absolute Gasteiger partial charge is 0.253 e. The van der Waals surface area contributed by atoms with Crippen LogP contribution in [0.2, 0.25) is 0 Å². The summed E-state index contributed by atoms with van der Waals surface area (Å²) >= 11 is 0. The summed E-state index contributed by atoms with van der Waals surface area (Å²) in [5.74, 6) is 0.0645. The molecule has 2 aliphatic rings. The van der Waals surface area contributed by atoms with Crippen LogP contribution in [0.3, 0.4) is 0 Å². The van der Waals surface area contributed by atoms with Gasteiger partial charge in [-0.15, -0.1) is 0 Å². The number of nitrogens with zero attached hydrogens (tertiary/aromatic N) is 1. The van der Waals surface area contributed by atoms with Crippen molar-refractivity contribution in [1.82, 2.24) is 10.2 Å². The Bertz CT molecular complexity index is 510. The van der Waals surface area contributed by atoms with Crippen molar-refractivity contribution in [3.05, 3.63) is 34.9 Å². The molecule has 1 unspecified atom stereocenters. The summed E-state index contributed by atoms with van der Waals surface area (Å²) in [5, 5.41) is 2.92. The number of nitrogens with one attached hydrogen (secondary N) is 1. The third-order valence-corrected chi connectivity index (χ3v) is 3.48. The number of rotatable bonds is 0. The van der Waals surface area contributed by atoms with Crippen LogP contribution in [0.15, 0.2) is 18.2 Å². The van der Waals surface area contributed by atoms with Gasteiger partial charge in [0.1, 0.15) is 6.17 Å². The first-order valence-electron chi connectivity index (χ1n) is 5.85. The molecular weight excluding hydrogens is 216 g/mol. The summed E-state index contributed by atoms with van der Waals surface area (Å²) in [4.78, 5) is 25.5. The summed E-state index contributed by atoms with van der Waals surface area (Å²) in [6, 6.07) is 5.81. The quantitative estimate of drug-likeness (QED) is 0.727. The van der Waals surface area contributed by atoms with E-state index in [1.165, 1.54) is 0 Å². The number of carbonyl (C=O) groups excluding carboxylic acids is 2. The average Bonchev–Trinajstić information content (AvgIpc) is 2.56. The van der Waals surface area contributed by atoms with Crippen LogP contribution < -0.4 is 5.32 Å². The second-order valence-corrected chi connectivity index (χ2v) is 4.71. The molecule has 4 heteroatoms. The summed E-state index contributed by atoms with van der Waals surface area (Å²) in [6.45, 7) is 2.50. The lowest BCUT2D eigenvalue weighted by atomic mass is 10.0. The minimum atomic E-state index is -0.122. The van der Waals surface area contributed by atoms with Crippen molar-refractivity contribution in [1.29, 1.82) is 0 Å². The molecule has 2 aliphatic heterocycles. The van der Waals surface area contributed by atoms with E-state index in [1.807, 2.05) is 25.1 Å². The molecule has 1 aromatic carbocycles. The molecule has 1 N–H and O–H groups in total. The Balaban J connectivity index is 2.05. The minimum Gasteiger partial charge on any atom is -0.332 e. The number of benzene rings is 1. The van der Waals surface area contributed by atoms with Crippen molar-refractivity contribution in [2.75, 3.05) is 0 Å². The Hall–Kier alpha value is -1.84. The Morgan fingerprint density at radius 1 is 1.35 bits per heavy atom. The van der Waals surface area contributed by atoms with E-state index in [9.17, 15) is 9.59 Å². The number of aryl methyl sites for hydroxylation is 1. The van der Waals surface area contributed by atoms with Gasteiger partial charge in [0.25, 0.3) is 5.91 Å². The largest absolute Gasteiger partial charge is 0.332 e. The number of hydrogen-bond acceptors (Lipinski definition) is 2. The molecule has 0 aromatic heterocycles. The van der Waals surface area contributed by atoms with Crippen molar-refractivity contribution < 1.29 is 9.59 Å². The van der Waals surface area contributed by atoms with Crippen LogP contribution in [-0.4, -0.2) is 22.9 Å². The van der Waals surface area contributed by atoms with Crippen molar-refractivity contribution in [3.8, 4) is 0 Å². The molecule has 4 nitrogen and oxygen atoms in total. The number of amides is 2. The summed E-state index contributed by atoms with van der Waals surface area (Å²) in [6.07, 6.45) is 1.13. The predicted molar refractivity (Wildman–Crippen MR) is 62.2 cm³/mol. The lowest BCUT2D eigenvalue weighted by Gasteiger charge is -2.22. The molecule has 0 saturated carbocycles. The van der Waals surface area contributed by atoms with E-state index in [4.69, 9.17) is 0 Å².